The number of allylic oxidation sites excluding steroid dienone is 2. The lowest BCUT2D eigenvalue weighted by Crippen LogP contribution is -2.29. The van der Waals surface area contributed by atoms with Gasteiger partial charge in [0, 0.05) is 6.20 Å². The summed E-state index contributed by atoms with van der Waals surface area (Å²) < 4.78 is 20.4. The number of rotatable bonds is 4. The molecule has 1 aromatic heterocycles. The van der Waals surface area contributed by atoms with Crippen molar-refractivity contribution in [2.24, 2.45) is 0 Å². The number of carbonyl (C=O) groups is 2. The minimum Gasteiger partial charge on any atom is -0.437 e. The van der Waals surface area contributed by atoms with E-state index in [1.54, 1.807) is 52.1 Å². The molecule has 0 bridgehead atoms. The molecule has 140 valence electrons. The van der Waals surface area contributed by atoms with Gasteiger partial charge in [0.2, 0.25) is 0 Å². The first-order valence-corrected chi connectivity index (χ1v) is 8.07. The third-order valence-electron chi connectivity index (χ3n) is 3.51. The summed E-state index contributed by atoms with van der Waals surface area (Å²) in [5.74, 6) is -0.247. The van der Waals surface area contributed by atoms with E-state index in [0.29, 0.717) is 17.1 Å². The number of pyridine rings is 1. The maximum absolute atomic E-state index is 12.0. The zero-order chi connectivity index (χ0) is 19.3. The highest BCUT2D eigenvalue weighted by molar-refractivity contribution is 5.64. The zero-order valence-electron chi connectivity index (χ0n) is 15.4. The van der Waals surface area contributed by atoms with Gasteiger partial charge in [-0.2, -0.15) is 0 Å². The van der Waals surface area contributed by atoms with Crippen molar-refractivity contribution in [2.45, 2.75) is 39.7 Å². The van der Waals surface area contributed by atoms with Crippen LogP contribution in [0, 0.1) is 0 Å². The van der Waals surface area contributed by atoms with Gasteiger partial charge >= 0.3 is 12.3 Å². The van der Waals surface area contributed by atoms with Crippen LogP contribution in [-0.2, 0) is 18.9 Å². The Hall–Kier alpha value is -3.03. The molecule has 0 saturated heterocycles. The molecule has 0 fully saturated rings. The van der Waals surface area contributed by atoms with Gasteiger partial charge in [-0.15, -0.1) is 0 Å². The van der Waals surface area contributed by atoms with Gasteiger partial charge in [0.25, 0.3) is 0 Å². The third kappa shape index (κ3) is 4.53. The van der Waals surface area contributed by atoms with Crippen LogP contribution in [0.1, 0.15) is 39.3 Å². The summed E-state index contributed by atoms with van der Waals surface area (Å²) in [4.78, 5) is 28.0. The van der Waals surface area contributed by atoms with Gasteiger partial charge in [0.05, 0.1) is 30.3 Å². The quantitative estimate of drug-likeness (QED) is 0.812. The lowest BCUT2D eigenvalue weighted by molar-refractivity contribution is 0.0467. The summed E-state index contributed by atoms with van der Waals surface area (Å²) in [5.41, 5.74) is 1.70. The van der Waals surface area contributed by atoms with Crippen LogP contribution in [0.5, 0.6) is 0 Å². The van der Waals surface area contributed by atoms with Crippen LogP contribution in [0.4, 0.5) is 9.59 Å². The maximum Gasteiger partial charge on any atom is 0.513 e. The lowest BCUT2D eigenvalue weighted by atomic mass is 9.94. The average molecular weight is 362 g/mol. The molecule has 1 aliphatic rings. The second-order valence-corrected chi connectivity index (χ2v) is 5.87. The van der Waals surface area contributed by atoms with Crippen molar-refractivity contribution >= 4 is 12.3 Å². The summed E-state index contributed by atoms with van der Waals surface area (Å²) in [6, 6.07) is 5.29. The first-order valence-electron chi connectivity index (χ1n) is 8.07. The number of carbonyl (C=O) groups excluding carboxylic acids is 2. The van der Waals surface area contributed by atoms with Gasteiger partial charge in [0.15, 0.2) is 0 Å². The van der Waals surface area contributed by atoms with E-state index in [1.165, 1.54) is 7.11 Å². The Labute approximate surface area is 151 Å². The van der Waals surface area contributed by atoms with Crippen molar-refractivity contribution in [3.8, 4) is 0 Å². The summed E-state index contributed by atoms with van der Waals surface area (Å²) >= 11 is 0. The Morgan fingerprint density at radius 3 is 2.19 bits per heavy atom. The molecule has 2 heterocycles. The number of methoxy groups -OCH3 is 1. The van der Waals surface area contributed by atoms with E-state index in [9.17, 15) is 9.59 Å². The smallest absolute Gasteiger partial charge is 0.437 e. The highest BCUT2D eigenvalue weighted by atomic mass is 16.7. The van der Waals surface area contributed by atoms with E-state index < -0.39 is 18.2 Å². The van der Waals surface area contributed by atoms with Crippen LogP contribution >= 0.6 is 0 Å². The number of nitrogens with one attached hydrogen (secondary N) is 1. The van der Waals surface area contributed by atoms with E-state index in [0.717, 1.165) is 0 Å². The van der Waals surface area contributed by atoms with Gasteiger partial charge in [-0.1, -0.05) is 6.07 Å². The van der Waals surface area contributed by atoms with Crippen LogP contribution in [0.15, 0.2) is 47.3 Å². The molecule has 26 heavy (non-hydrogen) atoms. The normalized spacial score (nSPS) is 16.9. The molecule has 0 saturated carbocycles. The molecule has 1 unspecified atom stereocenters. The SMILES string of the molecule is COC(=O)OC1=C(C)NC(C)=C(OC(=O)OC(C)C)C1c1ccccn1. The summed E-state index contributed by atoms with van der Waals surface area (Å²) in [6.07, 6.45) is -0.474. The van der Waals surface area contributed by atoms with Crippen molar-refractivity contribution in [3.05, 3.63) is 53.0 Å². The van der Waals surface area contributed by atoms with E-state index >= 15 is 0 Å². The molecular weight excluding hydrogens is 340 g/mol. The number of hydrogen-bond donors (Lipinski definition) is 1. The molecule has 1 atom stereocenters. The molecule has 8 nitrogen and oxygen atoms in total. The van der Waals surface area contributed by atoms with Crippen molar-refractivity contribution < 1.29 is 28.5 Å². The monoisotopic (exact) mass is 362 g/mol. The molecule has 0 radical (unpaired) electrons. The molecule has 0 amide bonds. The largest absolute Gasteiger partial charge is 0.513 e. The summed E-state index contributed by atoms with van der Waals surface area (Å²) in [6.45, 7) is 6.91. The van der Waals surface area contributed by atoms with E-state index in [1.807, 2.05) is 0 Å². The predicted molar refractivity (Wildman–Crippen MR) is 91.7 cm³/mol. The molecule has 8 heteroatoms. The van der Waals surface area contributed by atoms with Crippen molar-refractivity contribution in [3.63, 3.8) is 0 Å². The average Bonchev–Trinajstić information content (AvgIpc) is 2.59. The van der Waals surface area contributed by atoms with Crippen LogP contribution in [0.2, 0.25) is 0 Å². The van der Waals surface area contributed by atoms with Crippen LogP contribution < -0.4 is 5.32 Å². The fraction of sp³-hybridized carbons (Fsp3) is 0.389. The van der Waals surface area contributed by atoms with Crippen LogP contribution in [-0.4, -0.2) is 30.5 Å². The summed E-state index contributed by atoms with van der Waals surface area (Å²) in [5, 5.41) is 3.03. The number of nitrogens with zero attached hydrogens (tertiary/aromatic N) is 1. The Morgan fingerprint density at radius 2 is 1.69 bits per heavy atom. The van der Waals surface area contributed by atoms with Crippen LogP contribution in [0.3, 0.4) is 0 Å². The second kappa shape index (κ2) is 8.37. The first-order chi connectivity index (χ1) is 12.3. The van der Waals surface area contributed by atoms with E-state index in [2.05, 4.69) is 15.0 Å². The van der Waals surface area contributed by atoms with Crippen molar-refractivity contribution in [1.29, 1.82) is 0 Å². The fourth-order valence-electron chi connectivity index (χ4n) is 2.48. The third-order valence-corrected chi connectivity index (χ3v) is 3.51. The van der Waals surface area contributed by atoms with Gasteiger partial charge in [-0.3, -0.25) is 4.98 Å². The Balaban J connectivity index is 2.45. The molecule has 2 rings (SSSR count). The molecule has 0 aromatic carbocycles. The fourth-order valence-corrected chi connectivity index (χ4v) is 2.48. The Kier molecular flexibility index (Phi) is 6.21. The second-order valence-electron chi connectivity index (χ2n) is 5.87. The Bertz CT molecular complexity index is 739. The Morgan fingerprint density at radius 1 is 1.08 bits per heavy atom. The number of ether oxygens (including phenoxy) is 4. The molecule has 1 aliphatic heterocycles. The van der Waals surface area contributed by atoms with Gasteiger partial charge in [0.1, 0.15) is 17.4 Å². The minimum atomic E-state index is -0.884. The lowest BCUT2D eigenvalue weighted by Gasteiger charge is -2.29. The van der Waals surface area contributed by atoms with Crippen LogP contribution in [0.25, 0.3) is 0 Å². The number of dihydropyridines is 1. The highest BCUT2D eigenvalue weighted by Crippen LogP contribution is 2.38. The highest BCUT2D eigenvalue weighted by Gasteiger charge is 2.36. The topological polar surface area (TPSA) is 96.0 Å². The van der Waals surface area contributed by atoms with Gasteiger partial charge < -0.3 is 24.3 Å². The van der Waals surface area contributed by atoms with Gasteiger partial charge in [-0.05, 0) is 39.8 Å². The van der Waals surface area contributed by atoms with Crippen molar-refractivity contribution in [1.82, 2.24) is 10.3 Å². The number of hydrogen-bond acceptors (Lipinski definition) is 8. The maximum atomic E-state index is 12.0. The molecular formula is C18H22N2O6. The van der Waals surface area contributed by atoms with E-state index in [-0.39, 0.29) is 17.6 Å². The molecule has 1 N–H and O–H groups in total. The molecule has 1 aromatic rings. The predicted octanol–water partition coefficient (Wildman–Crippen LogP) is 3.58. The van der Waals surface area contributed by atoms with Crippen molar-refractivity contribution in [2.75, 3.05) is 7.11 Å². The van der Waals surface area contributed by atoms with Gasteiger partial charge in [-0.25, -0.2) is 9.59 Å². The van der Waals surface area contributed by atoms with E-state index in [4.69, 9.17) is 14.2 Å². The minimum absolute atomic E-state index is 0.230. The summed E-state index contributed by atoms with van der Waals surface area (Å²) in [7, 11) is 1.21. The first kappa shape index (κ1) is 19.3. The number of aromatic nitrogens is 1. The molecule has 0 spiro atoms. The standard InChI is InChI=1S/C18H22N2O6/c1-10(2)24-18(22)26-16-12(4)20-11(3)15(25-17(21)23-5)14(16)13-8-6-7-9-19-13/h6-10,14,20H,1-5H3. The zero-order valence-corrected chi connectivity index (χ0v) is 15.4. The molecule has 0 aliphatic carbocycles.